The number of benzene rings is 2. The highest BCUT2D eigenvalue weighted by Gasteiger charge is 2.18. The van der Waals surface area contributed by atoms with Crippen LogP contribution < -0.4 is 19.6 Å². The molecular weight excluding hydrogens is 532 g/mol. The van der Waals surface area contributed by atoms with Crippen LogP contribution in [0, 0.1) is 0 Å². The Morgan fingerprint density at radius 3 is 2.55 bits per heavy atom. The first-order valence-electron chi connectivity index (χ1n) is 10.0. The van der Waals surface area contributed by atoms with Crippen LogP contribution in [0.4, 0.5) is 0 Å². The van der Waals surface area contributed by atoms with Crippen molar-refractivity contribution in [1.29, 1.82) is 0 Å². The molecule has 0 radical (unpaired) electrons. The molecule has 33 heavy (non-hydrogen) atoms. The normalized spacial score (nSPS) is 13.8. The average Bonchev–Trinajstić information content (AvgIpc) is 3.32. The van der Waals surface area contributed by atoms with E-state index in [-0.39, 0.29) is 12.4 Å². The van der Waals surface area contributed by atoms with Gasteiger partial charge in [0, 0.05) is 11.5 Å². The third-order valence-corrected chi connectivity index (χ3v) is 7.91. The summed E-state index contributed by atoms with van der Waals surface area (Å²) < 4.78 is 17.3. The maximum Gasteiger partial charge on any atom is 0.341 e. The Kier molecular flexibility index (Phi) is 9.76. The molecule has 176 valence electrons. The number of carbonyl (C=O) groups excluding carboxylic acids is 1. The van der Waals surface area contributed by atoms with E-state index in [0.29, 0.717) is 32.7 Å². The fourth-order valence-corrected chi connectivity index (χ4v) is 6.26. The van der Waals surface area contributed by atoms with Gasteiger partial charge in [0.25, 0.3) is 5.91 Å². The zero-order chi connectivity index (χ0) is 23.6. The molecule has 0 atom stereocenters. The largest absolute Gasteiger partial charge is 0.490 e. The maximum atomic E-state index is 12.1. The summed E-state index contributed by atoms with van der Waals surface area (Å²) in [5.74, 6) is 2.10. The molecule has 1 heterocycles. The van der Waals surface area contributed by atoms with Gasteiger partial charge in [0.05, 0.1) is 21.9 Å². The van der Waals surface area contributed by atoms with E-state index < -0.39 is 18.5 Å². The highest BCUT2D eigenvalue weighted by atomic mass is 79.9. The predicted molar refractivity (Wildman–Crippen MR) is 134 cm³/mol. The number of hydrogen-bond acceptors (Lipinski definition) is 8. The molecule has 1 aliphatic heterocycles. The van der Waals surface area contributed by atoms with Crippen molar-refractivity contribution in [2.75, 3.05) is 31.3 Å². The molecule has 2 N–H and O–H groups in total. The summed E-state index contributed by atoms with van der Waals surface area (Å²) in [5.41, 5.74) is 4.29. The van der Waals surface area contributed by atoms with Crippen LogP contribution in [0.1, 0.15) is 22.6 Å². The highest BCUT2D eigenvalue weighted by molar-refractivity contribution is 9.10. The first-order chi connectivity index (χ1) is 16.0. The van der Waals surface area contributed by atoms with Gasteiger partial charge in [0.1, 0.15) is 5.75 Å². The van der Waals surface area contributed by atoms with Crippen molar-refractivity contribution in [3.05, 3.63) is 52.0 Å². The van der Waals surface area contributed by atoms with Gasteiger partial charge in [-0.1, -0.05) is 12.1 Å². The smallest absolute Gasteiger partial charge is 0.341 e. The zero-order valence-corrected chi connectivity index (χ0v) is 21.0. The van der Waals surface area contributed by atoms with Crippen molar-refractivity contribution in [1.82, 2.24) is 5.43 Å². The average molecular weight is 555 g/mol. The number of carboxylic acid groups (broad SMARTS) is 1. The second kappa shape index (κ2) is 12.8. The number of aliphatic carboxylic acids is 1. The number of thioether (sulfide) groups is 2. The van der Waals surface area contributed by atoms with Crippen LogP contribution in [0.25, 0.3) is 0 Å². The third-order valence-electron chi connectivity index (χ3n) is 4.22. The summed E-state index contributed by atoms with van der Waals surface area (Å²) in [4.78, 5) is 22.8. The molecule has 1 amide bonds. The van der Waals surface area contributed by atoms with Gasteiger partial charge in [-0.25, -0.2) is 10.2 Å². The molecule has 0 saturated carbocycles. The third kappa shape index (κ3) is 7.86. The molecule has 0 unspecified atom stereocenters. The van der Waals surface area contributed by atoms with Crippen LogP contribution in [-0.4, -0.2) is 54.5 Å². The number of amides is 1. The van der Waals surface area contributed by atoms with Gasteiger partial charge in [0.2, 0.25) is 0 Å². The molecule has 2 aromatic carbocycles. The van der Waals surface area contributed by atoms with E-state index >= 15 is 0 Å². The molecule has 11 heteroatoms. The number of hydrogen-bond donors (Lipinski definition) is 2. The predicted octanol–water partition coefficient (Wildman–Crippen LogP) is 4.32. The van der Waals surface area contributed by atoms with Crippen LogP contribution in [0.5, 0.6) is 17.2 Å². The van der Waals surface area contributed by atoms with Crippen molar-refractivity contribution in [3.63, 3.8) is 0 Å². The first-order valence-corrected chi connectivity index (χ1v) is 12.9. The Hall–Kier alpha value is -2.37. The molecular formula is C22H23BrN2O6S2. The first kappa shape index (κ1) is 25.3. The SMILES string of the molecule is CCOc1cc(/C=N\NC(=O)COc2ccc(C3SCCS3)cc2)cc(Br)c1OCC(=O)O. The van der Waals surface area contributed by atoms with Crippen molar-refractivity contribution >= 4 is 57.5 Å². The number of nitrogens with zero attached hydrogens (tertiary/aromatic N) is 1. The number of rotatable bonds is 11. The van der Waals surface area contributed by atoms with E-state index in [2.05, 4.69) is 26.5 Å². The van der Waals surface area contributed by atoms with Gasteiger partial charge >= 0.3 is 5.97 Å². The summed E-state index contributed by atoms with van der Waals surface area (Å²) in [7, 11) is 0. The number of nitrogens with one attached hydrogen (secondary N) is 1. The summed E-state index contributed by atoms with van der Waals surface area (Å²) in [6.07, 6.45) is 1.44. The molecule has 3 rings (SSSR count). The van der Waals surface area contributed by atoms with E-state index in [1.165, 1.54) is 23.3 Å². The van der Waals surface area contributed by atoms with Gasteiger partial charge in [-0.2, -0.15) is 5.10 Å². The summed E-state index contributed by atoms with van der Waals surface area (Å²) in [5, 5.41) is 12.8. The van der Waals surface area contributed by atoms with Gasteiger partial charge in [-0.15, -0.1) is 23.5 Å². The molecule has 0 bridgehead atoms. The van der Waals surface area contributed by atoms with Gasteiger partial charge in [-0.05, 0) is 58.2 Å². The highest BCUT2D eigenvalue weighted by Crippen LogP contribution is 2.45. The zero-order valence-electron chi connectivity index (χ0n) is 17.8. The van der Waals surface area contributed by atoms with Crippen molar-refractivity contribution in [2.45, 2.75) is 11.5 Å². The minimum absolute atomic E-state index is 0.167. The fraction of sp³-hybridized carbons (Fsp3) is 0.318. The van der Waals surface area contributed by atoms with Crippen LogP contribution in [0.2, 0.25) is 0 Å². The van der Waals surface area contributed by atoms with Crippen LogP contribution >= 0.6 is 39.5 Å². The van der Waals surface area contributed by atoms with E-state index in [0.717, 1.165) is 0 Å². The molecule has 1 aliphatic rings. The van der Waals surface area contributed by atoms with E-state index in [4.69, 9.17) is 19.3 Å². The maximum absolute atomic E-state index is 12.1. The van der Waals surface area contributed by atoms with Gasteiger partial charge in [0.15, 0.2) is 24.7 Å². The van der Waals surface area contributed by atoms with Gasteiger partial charge < -0.3 is 19.3 Å². The molecule has 0 aliphatic carbocycles. The lowest BCUT2D eigenvalue weighted by Gasteiger charge is -2.13. The van der Waals surface area contributed by atoms with Crippen molar-refractivity contribution < 1.29 is 28.9 Å². The molecule has 0 spiro atoms. The van der Waals surface area contributed by atoms with Crippen LogP contribution in [0.15, 0.2) is 46.0 Å². The monoisotopic (exact) mass is 554 g/mol. The van der Waals surface area contributed by atoms with Gasteiger partial charge in [-0.3, -0.25) is 4.79 Å². The lowest BCUT2D eigenvalue weighted by molar-refractivity contribution is -0.139. The molecule has 1 fully saturated rings. The lowest BCUT2D eigenvalue weighted by atomic mass is 10.2. The number of carbonyl (C=O) groups is 2. The Bertz CT molecular complexity index is 997. The minimum Gasteiger partial charge on any atom is -0.490 e. The second-order valence-electron chi connectivity index (χ2n) is 6.67. The van der Waals surface area contributed by atoms with Crippen molar-refractivity contribution in [3.8, 4) is 17.2 Å². The van der Waals surface area contributed by atoms with Crippen LogP contribution in [-0.2, 0) is 9.59 Å². The quantitative estimate of drug-likeness (QED) is 0.312. The standard InChI is InChI=1S/C22H23BrN2O6S2/c1-2-29-18-10-14(9-17(23)21(18)31-13-20(27)28)11-24-25-19(26)12-30-16-5-3-15(4-6-16)22-32-7-8-33-22/h3-6,9-11,22H,2,7-8,12-13H2,1H3,(H,25,26)(H,27,28)/b24-11-. The van der Waals surface area contributed by atoms with E-state index in [1.54, 1.807) is 19.1 Å². The van der Waals surface area contributed by atoms with Crippen molar-refractivity contribution in [2.24, 2.45) is 5.10 Å². The number of hydrazone groups is 1. The number of halogens is 1. The lowest BCUT2D eigenvalue weighted by Crippen LogP contribution is -2.24. The summed E-state index contributed by atoms with van der Waals surface area (Å²) >= 11 is 7.22. The molecule has 0 aromatic heterocycles. The Balaban J connectivity index is 1.52. The summed E-state index contributed by atoms with van der Waals surface area (Å²) in [6, 6.07) is 11.1. The Labute approximate surface area is 208 Å². The molecule has 8 nitrogen and oxygen atoms in total. The number of carboxylic acids is 1. The second-order valence-corrected chi connectivity index (χ2v) is 10.2. The Morgan fingerprint density at radius 2 is 1.88 bits per heavy atom. The number of ether oxygens (including phenoxy) is 3. The fourth-order valence-electron chi connectivity index (χ4n) is 2.83. The Morgan fingerprint density at radius 1 is 1.15 bits per heavy atom. The minimum atomic E-state index is -1.09. The topological polar surface area (TPSA) is 106 Å². The molecule has 1 saturated heterocycles. The van der Waals surface area contributed by atoms with Crippen LogP contribution in [0.3, 0.4) is 0 Å². The van der Waals surface area contributed by atoms with E-state index in [9.17, 15) is 9.59 Å². The van der Waals surface area contributed by atoms with E-state index in [1.807, 2.05) is 47.8 Å². The molecule has 2 aromatic rings. The summed E-state index contributed by atoms with van der Waals surface area (Å²) in [6.45, 7) is 1.50.